The third-order valence-corrected chi connectivity index (χ3v) is 3.05. The highest BCUT2D eigenvalue weighted by molar-refractivity contribution is 5.28. The van der Waals surface area contributed by atoms with E-state index in [0.717, 1.165) is 24.5 Å². The van der Waals surface area contributed by atoms with Gasteiger partial charge in [-0.25, -0.2) is 9.67 Å². The highest BCUT2D eigenvalue weighted by Crippen LogP contribution is 2.19. The minimum Gasteiger partial charge on any atom is -0.486 e. The standard InChI is InChI=1S/C15H21N3O/c1-4-9-18-15(16-11-17-18)10-19-14-7-5-13(6-8-14)12(2)3/h5-8,11-12H,4,9-10H2,1-3H3. The lowest BCUT2D eigenvalue weighted by Crippen LogP contribution is -2.08. The van der Waals surface area contributed by atoms with Crippen molar-refractivity contribution in [1.29, 1.82) is 0 Å². The minimum atomic E-state index is 0.459. The molecule has 0 saturated heterocycles. The second-order valence-electron chi connectivity index (χ2n) is 4.91. The Morgan fingerprint density at radius 2 is 1.95 bits per heavy atom. The normalized spacial score (nSPS) is 10.9. The van der Waals surface area contributed by atoms with Crippen LogP contribution in [0, 0.1) is 0 Å². The van der Waals surface area contributed by atoms with E-state index in [2.05, 4.69) is 43.0 Å². The van der Waals surface area contributed by atoms with Gasteiger partial charge >= 0.3 is 0 Å². The molecule has 0 aliphatic rings. The Morgan fingerprint density at radius 3 is 2.58 bits per heavy atom. The van der Waals surface area contributed by atoms with Crippen LogP contribution in [-0.2, 0) is 13.2 Å². The summed E-state index contributed by atoms with van der Waals surface area (Å²) >= 11 is 0. The van der Waals surface area contributed by atoms with Crippen LogP contribution < -0.4 is 4.74 Å². The van der Waals surface area contributed by atoms with Gasteiger partial charge in [0.2, 0.25) is 0 Å². The number of rotatable bonds is 6. The maximum Gasteiger partial charge on any atom is 0.164 e. The predicted molar refractivity (Wildman–Crippen MR) is 75.2 cm³/mol. The number of aryl methyl sites for hydroxylation is 1. The van der Waals surface area contributed by atoms with E-state index in [1.165, 1.54) is 5.56 Å². The zero-order valence-electron chi connectivity index (χ0n) is 11.8. The van der Waals surface area contributed by atoms with Crippen LogP contribution in [0.15, 0.2) is 30.6 Å². The molecule has 0 bridgehead atoms. The van der Waals surface area contributed by atoms with Gasteiger partial charge in [-0.2, -0.15) is 5.10 Å². The lowest BCUT2D eigenvalue weighted by atomic mass is 10.0. The Bertz CT molecular complexity index is 502. The number of nitrogens with zero attached hydrogens (tertiary/aromatic N) is 3. The van der Waals surface area contributed by atoms with Gasteiger partial charge in [-0.1, -0.05) is 32.9 Å². The molecule has 1 aromatic carbocycles. The van der Waals surface area contributed by atoms with Crippen molar-refractivity contribution in [3.8, 4) is 5.75 Å². The number of aromatic nitrogens is 3. The average molecular weight is 259 g/mol. The van der Waals surface area contributed by atoms with Gasteiger partial charge in [-0.05, 0) is 30.0 Å². The van der Waals surface area contributed by atoms with Crippen LogP contribution in [0.25, 0.3) is 0 Å². The molecular formula is C15H21N3O. The van der Waals surface area contributed by atoms with Crippen LogP contribution in [0.5, 0.6) is 5.75 Å². The van der Waals surface area contributed by atoms with Crippen LogP contribution in [-0.4, -0.2) is 14.8 Å². The monoisotopic (exact) mass is 259 g/mol. The molecule has 0 spiro atoms. The topological polar surface area (TPSA) is 39.9 Å². The number of benzene rings is 1. The quantitative estimate of drug-likeness (QED) is 0.798. The molecule has 4 heteroatoms. The minimum absolute atomic E-state index is 0.459. The lowest BCUT2D eigenvalue weighted by molar-refractivity contribution is 0.286. The maximum atomic E-state index is 5.75. The molecule has 1 aromatic heterocycles. The van der Waals surface area contributed by atoms with Gasteiger partial charge in [0.1, 0.15) is 18.7 Å². The SMILES string of the molecule is CCCn1ncnc1COc1ccc(C(C)C)cc1. The number of ether oxygens (including phenoxy) is 1. The van der Waals surface area contributed by atoms with Crippen molar-refractivity contribution in [3.05, 3.63) is 42.0 Å². The first-order valence-electron chi connectivity index (χ1n) is 6.80. The fraction of sp³-hybridized carbons (Fsp3) is 0.467. The van der Waals surface area contributed by atoms with Crippen molar-refractivity contribution in [2.45, 2.75) is 46.3 Å². The van der Waals surface area contributed by atoms with Gasteiger partial charge in [0.05, 0.1) is 0 Å². The number of hydrogen-bond donors (Lipinski definition) is 0. The largest absolute Gasteiger partial charge is 0.486 e. The fourth-order valence-corrected chi connectivity index (χ4v) is 1.90. The smallest absolute Gasteiger partial charge is 0.164 e. The third-order valence-electron chi connectivity index (χ3n) is 3.05. The van der Waals surface area contributed by atoms with Crippen LogP contribution in [0.4, 0.5) is 0 Å². The molecule has 0 fully saturated rings. The summed E-state index contributed by atoms with van der Waals surface area (Å²) in [7, 11) is 0. The van der Waals surface area contributed by atoms with E-state index in [1.54, 1.807) is 6.33 Å². The first kappa shape index (κ1) is 13.6. The van der Waals surface area contributed by atoms with Crippen molar-refractivity contribution in [1.82, 2.24) is 14.8 Å². The van der Waals surface area contributed by atoms with E-state index < -0.39 is 0 Å². The molecular weight excluding hydrogens is 238 g/mol. The Labute approximate surface area is 114 Å². The van der Waals surface area contributed by atoms with Gasteiger partial charge in [-0.15, -0.1) is 0 Å². The van der Waals surface area contributed by atoms with Crippen LogP contribution >= 0.6 is 0 Å². The van der Waals surface area contributed by atoms with Crippen molar-refractivity contribution in [3.63, 3.8) is 0 Å². The fourth-order valence-electron chi connectivity index (χ4n) is 1.90. The van der Waals surface area contributed by atoms with Crippen molar-refractivity contribution < 1.29 is 4.74 Å². The van der Waals surface area contributed by atoms with Crippen molar-refractivity contribution in [2.75, 3.05) is 0 Å². The first-order chi connectivity index (χ1) is 9.20. The highest BCUT2D eigenvalue weighted by atomic mass is 16.5. The summed E-state index contributed by atoms with van der Waals surface area (Å²) in [5.41, 5.74) is 1.32. The summed E-state index contributed by atoms with van der Waals surface area (Å²) in [6.07, 6.45) is 2.62. The van der Waals surface area contributed by atoms with E-state index in [4.69, 9.17) is 4.74 Å². The molecule has 0 atom stereocenters. The van der Waals surface area contributed by atoms with E-state index in [-0.39, 0.29) is 0 Å². The van der Waals surface area contributed by atoms with Gasteiger partial charge in [0.15, 0.2) is 5.82 Å². The highest BCUT2D eigenvalue weighted by Gasteiger charge is 2.05. The third kappa shape index (κ3) is 3.56. The molecule has 102 valence electrons. The van der Waals surface area contributed by atoms with Gasteiger partial charge in [-0.3, -0.25) is 0 Å². The van der Waals surface area contributed by atoms with Crippen LogP contribution in [0.2, 0.25) is 0 Å². The second-order valence-corrected chi connectivity index (χ2v) is 4.91. The summed E-state index contributed by atoms with van der Waals surface area (Å²) in [4.78, 5) is 4.22. The van der Waals surface area contributed by atoms with Gasteiger partial charge in [0, 0.05) is 6.54 Å². The zero-order valence-corrected chi connectivity index (χ0v) is 11.8. The first-order valence-corrected chi connectivity index (χ1v) is 6.80. The van der Waals surface area contributed by atoms with Gasteiger partial charge in [0.25, 0.3) is 0 Å². The Hall–Kier alpha value is -1.84. The van der Waals surface area contributed by atoms with E-state index >= 15 is 0 Å². The molecule has 1 heterocycles. The Morgan fingerprint density at radius 1 is 1.21 bits per heavy atom. The second kappa shape index (κ2) is 6.36. The zero-order chi connectivity index (χ0) is 13.7. The summed E-state index contributed by atoms with van der Waals surface area (Å²) in [5.74, 6) is 2.28. The summed E-state index contributed by atoms with van der Waals surface area (Å²) < 4.78 is 7.64. The molecule has 0 radical (unpaired) electrons. The van der Waals surface area contributed by atoms with Crippen molar-refractivity contribution >= 4 is 0 Å². The number of hydrogen-bond acceptors (Lipinski definition) is 3. The molecule has 4 nitrogen and oxygen atoms in total. The molecule has 0 amide bonds. The molecule has 0 aliphatic carbocycles. The average Bonchev–Trinajstić information content (AvgIpc) is 2.85. The van der Waals surface area contributed by atoms with E-state index in [1.807, 2.05) is 16.8 Å². The van der Waals surface area contributed by atoms with Crippen LogP contribution in [0.3, 0.4) is 0 Å². The molecule has 19 heavy (non-hydrogen) atoms. The Balaban J connectivity index is 1.96. The summed E-state index contributed by atoms with van der Waals surface area (Å²) in [6, 6.07) is 8.24. The molecule has 0 unspecified atom stereocenters. The molecule has 0 N–H and O–H groups in total. The van der Waals surface area contributed by atoms with E-state index in [9.17, 15) is 0 Å². The van der Waals surface area contributed by atoms with Gasteiger partial charge < -0.3 is 4.74 Å². The summed E-state index contributed by atoms with van der Waals surface area (Å²) in [6.45, 7) is 7.83. The molecule has 0 aliphatic heterocycles. The Kier molecular flexibility index (Phi) is 4.55. The molecule has 2 aromatic rings. The van der Waals surface area contributed by atoms with E-state index in [0.29, 0.717) is 12.5 Å². The van der Waals surface area contributed by atoms with Crippen LogP contribution in [0.1, 0.15) is 44.5 Å². The van der Waals surface area contributed by atoms with Crippen molar-refractivity contribution in [2.24, 2.45) is 0 Å². The predicted octanol–water partition coefficient (Wildman–Crippen LogP) is 3.39. The lowest BCUT2D eigenvalue weighted by Gasteiger charge is -2.09. The summed E-state index contributed by atoms with van der Waals surface area (Å²) in [5, 5.41) is 4.18. The molecule has 2 rings (SSSR count). The maximum absolute atomic E-state index is 5.75. The molecule has 0 saturated carbocycles.